The molecule has 0 aliphatic carbocycles. The first kappa shape index (κ1) is 15.2. The first-order valence-corrected chi connectivity index (χ1v) is 8.11. The van der Waals surface area contributed by atoms with Crippen LogP contribution in [0.2, 0.25) is 0 Å². The molecule has 2 aromatic carbocycles. The molecule has 124 valence electrons. The fraction of sp³-hybridized carbons (Fsp3) is 0.100. The van der Waals surface area contributed by atoms with Gasteiger partial charge in [0.25, 0.3) is 0 Å². The zero-order chi connectivity index (χ0) is 17.2. The fourth-order valence-corrected chi connectivity index (χ4v) is 2.71. The lowest BCUT2D eigenvalue weighted by Crippen LogP contribution is -1.97. The van der Waals surface area contributed by atoms with E-state index in [1.165, 1.54) is 0 Å². The summed E-state index contributed by atoms with van der Waals surface area (Å²) in [5, 5.41) is 12.4. The van der Waals surface area contributed by atoms with E-state index in [4.69, 9.17) is 4.74 Å². The summed E-state index contributed by atoms with van der Waals surface area (Å²) >= 11 is 0. The second-order valence-electron chi connectivity index (χ2n) is 6.01. The van der Waals surface area contributed by atoms with E-state index in [1.54, 1.807) is 0 Å². The van der Waals surface area contributed by atoms with Crippen LogP contribution in [0.5, 0.6) is 11.6 Å². The summed E-state index contributed by atoms with van der Waals surface area (Å²) in [7, 11) is 0. The third kappa shape index (κ3) is 3.30. The van der Waals surface area contributed by atoms with Gasteiger partial charge in [-0.15, -0.1) is 0 Å². The minimum atomic E-state index is 0.568. The molecule has 0 saturated heterocycles. The maximum absolute atomic E-state index is 6.08. The largest absolute Gasteiger partial charge is 0.438 e. The van der Waals surface area contributed by atoms with Crippen LogP contribution in [0.15, 0.2) is 60.7 Å². The number of nitrogens with zero attached hydrogens (tertiary/aromatic N) is 2. The SMILES string of the molecule is Cc1cccc(Oc2nc(Nc3cc(C)[nH]n3)cc3ccccc23)c1. The normalized spacial score (nSPS) is 10.8. The number of aryl methyl sites for hydroxylation is 2. The number of pyridine rings is 1. The number of hydrogen-bond donors (Lipinski definition) is 2. The average Bonchev–Trinajstić information content (AvgIpc) is 3.00. The highest BCUT2D eigenvalue weighted by molar-refractivity contribution is 5.89. The molecule has 0 spiro atoms. The lowest BCUT2D eigenvalue weighted by molar-refractivity contribution is 0.469. The number of ether oxygens (including phenoxy) is 1. The molecule has 0 aliphatic heterocycles. The van der Waals surface area contributed by atoms with E-state index in [1.807, 2.05) is 74.5 Å². The van der Waals surface area contributed by atoms with Gasteiger partial charge >= 0.3 is 0 Å². The summed E-state index contributed by atoms with van der Waals surface area (Å²) in [6.07, 6.45) is 0. The van der Waals surface area contributed by atoms with Gasteiger partial charge in [-0.2, -0.15) is 10.1 Å². The van der Waals surface area contributed by atoms with Gasteiger partial charge in [0.2, 0.25) is 5.88 Å². The number of nitrogens with one attached hydrogen (secondary N) is 2. The summed E-state index contributed by atoms with van der Waals surface area (Å²) in [4.78, 5) is 4.64. The van der Waals surface area contributed by atoms with Gasteiger partial charge in [0.15, 0.2) is 5.82 Å². The second-order valence-corrected chi connectivity index (χ2v) is 6.01. The average molecular weight is 330 g/mol. The molecule has 0 amide bonds. The Labute approximate surface area is 145 Å². The van der Waals surface area contributed by atoms with E-state index in [9.17, 15) is 0 Å². The third-order valence-corrected chi connectivity index (χ3v) is 3.87. The smallest absolute Gasteiger partial charge is 0.229 e. The summed E-state index contributed by atoms with van der Waals surface area (Å²) in [5.74, 6) is 2.75. The van der Waals surface area contributed by atoms with Gasteiger partial charge in [0.05, 0.1) is 0 Å². The number of fused-ring (bicyclic) bond motifs is 1. The quantitative estimate of drug-likeness (QED) is 0.546. The van der Waals surface area contributed by atoms with E-state index in [2.05, 4.69) is 20.5 Å². The molecule has 25 heavy (non-hydrogen) atoms. The highest BCUT2D eigenvalue weighted by atomic mass is 16.5. The summed E-state index contributed by atoms with van der Waals surface area (Å²) in [5.41, 5.74) is 2.13. The molecule has 0 radical (unpaired) electrons. The van der Waals surface area contributed by atoms with Crippen molar-refractivity contribution in [1.82, 2.24) is 15.2 Å². The molecule has 2 N–H and O–H groups in total. The Balaban J connectivity index is 1.75. The van der Waals surface area contributed by atoms with E-state index in [-0.39, 0.29) is 0 Å². The molecular formula is C20H18N4O. The Morgan fingerprint density at radius 2 is 1.80 bits per heavy atom. The van der Waals surface area contributed by atoms with Gasteiger partial charge < -0.3 is 10.1 Å². The summed E-state index contributed by atoms with van der Waals surface area (Å²) < 4.78 is 6.08. The monoisotopic (exact) mass is 330 g/mol. The van der Waals surface area contributed by atoms with E-state index in [0.717, 1.165) is 33.6 Å². The molecule has 0 aliphatic rings. The predicted molar refractivity (Wildman–Crippen MR) is 99.6 cm³/mol. The summed E-state index contributed by atoms with van der Waals surface area (Å²) in [6.45, 7) is 3.99. The fourth-order valence-electron chi connectivity index (χ4n) is 2.71. The van der Waals surface area contributed by atoms with Gasteiger partial charge in [0.1, 0.15) is 11.6 Å². The minimum absolute atomic E-state index is 0.568. The van der Waals surface area contributed by atoms with Crippen LogP contribution in [0.1, 0.15) is 11.3 Å². The third-order valence-electron chi connectivity index (χ3n) is 3.87. The van der Waals surface area contributed by atoms with Crippen molar-refractivity contribution in [1.29, 1.82) is 0 Å². The lowest BCUT2D eigenvalue weighted by Gasteiger charge is -2.11. The Morgan fingerprint density at radius 1 is 0.920 bits per heavy atom. The van der Waals surface area contributed by atoms with Crippen LogP contribution < -0.4 is 10.1 Å². The van der Waals surface area contributed by atoms with Gasteiger partial charge in [-0.25, -0.2) is 0 Å². The molecule has 0 saturated carbocycles. The van der Waals surface area contributed by atoms with Crippen molar-refractivity contribution in [2.24, 2.45) is 0 Å². The molecule has 4 aromatic rings. The van der Waals surface area contributed by atoms with E-state index < -0.39 is 0 Å². The van der Waals surface area contributed by atoms with Crippen LogP contribution >= 0.6 is 0 Å². The number of anilines is 2. The minimum Gasteiger partial charge on any atom is -0.438 e. The molecule has 2 heterocycles. The predicted octanol–water partition coefficient (Wildman–Crippen LogP) is 5.11. The lowest BCUT2D eigenvalue weighted by atomic mass is 10.1. The van der Waals surface area contributed by atoms with Crippen molar-refractivity contribution in [3.05, 3.63) is 71.9 Å². The van der Waals surface area contributed by atoms with Crippen LogP contribution in [0.25, 0.3) is 10.8 Å². The van der Waals surface area contributed by atoms with Crippen LogP contribution in [0.3, 0.4) is 0 Å². The van der Waals surface area contributed by atoms with E-state index >= 15 is 0 Å². The Kier molecular flexibility index (Phi) is 3.82. The topological polar surface area (TPSA) is 62.8 Å². The second kappa shape index (κ2) is 6.28. The van der Waals surface area contributed by atoms with Crippen molar-refractivity contribution in [3.63, 3.8) is 0 Å². The van der Waals surface area contributed by atoms with Crippen LogP contribution in [0, 0.1) is 13.8 Å². The van der Waals surface area contributed by atoms with E-state index in [0.29, 0.717) is 11.7 Å². The van der Waals surface area contributed by atoms with Gasteiger partial charge in [-0.05, 0) is 49.1 Å². The Hall–Kier alpha value is -3.34. The van der Waals surface area contributed by atoms with Crippen LogP contribution in [-0.4, -0.2) is 15.2 Å². The number of aromatic nitrogens is 3. The first-order chi connectivity index (χ1) is 12.2. The van der Waals surface area contributed by atoms with Crippen molar-refractivity contribution in [2.45, 2.75) is 13.8 Å². The molecule has 0 bridgehead atoms. The zero-order valence-corrected chi connectivity index (χ0v) is 14.1. The number of rotatable bonds is 4. The van der Waals surface area contributed by atoms with Crippen molar-refractivity contribution < 1.29 is 4.74 Å². The number of benzene rings is 2. The Bertz CT molecular complexity index is 1040. The molecule has 5 nitrogen and oxygen atoms in total. The standard InChI is InChI=1S/C20H18N4O/c1-13-6-5-8-16(10-13)25-20-17-9-4-3-7-15(17)12-18(22-20)21-19-11-14(2)23-24-19/h3-12H,1-2H3,(H2,21,22,23,24). The molecule has 0 atom stereocenters. The highest BCUT2D eigenvalue weighted by Crippen LogP contribution is 2.31. The van der Waals surface area contributed by atoms with Crippen LogP contribution in [-0.2, 0) is 0 Å². The molecule has 2 aromatic heterocycles. The van der Waals surface area contributed by atoms with Gasteiger partial charge in [-0.1, -0.05) is 30.3 Å². The van der Waals surface area contributed by atoms with Gasteiger partial charge in [-0.3, -0.25) is 5.10 Å². The molecule has 4 rings (SSSR count). The first-order valence-electron chi connectivity index (χ1n) is 8.11. The zero-order valence-electron chi connectivity index (χ0n) is 14.1. The molecular weight excluding hydrogens is 312 g/mol. The summed E-state index contributed by atoms with van der Waals surface area (Å²) in [6, 6.07) is 19.9. The molecule has 0 fully saturated rings. The Morgan fingerprint density at radius 3 is 2.60 bits per heavy atom. The maximum Gasteiger partial charge on any atom is 0.229 e. The number of H-pyrrole nitrogens is 1. The van der Waals surface area contributed by atoms with Crippen LogP contribution in [0.4, 0.5) is 11.6 Å². The maximum atomic E-state index is 6.08. The van der Waals surface area contributed by atoms with Crippen molar-refractivity contribution >= 4 is 22.4 Å². The van der Waals surface area contributed by atoms with Crippen molar-refractivity contribution in [2.75, 3.05) is 5.32 Å². The van der Waals surface area contributed by atoms with Crippen molar-refractivity contribution in [3.8, 4) is 11.6 Å². The molecule has 5 heteroatoms. The molecule has 0 unspecified atom stereocenters. The highest BCUT2D eigenvalue weighted by Gasteiger charge is 2.09. The number of hydrogen-bond acceptors (Lipinski definition) is 4. The van der Waals surface area contributed by atoms with Gasteiger partial charge in [0, 0.05) is 17.1 Å². The number of aromatic amines is 1.